The fourth-order valence-electron chi connectivity index (χ4n) is 2.12. The minimum Gasteiger partial charge on any atom is -0.376 e. The SMILES string of the molecule is CC[C@@H](C(=O)NC[C@@H]1CCCO1)n1cc(Br)cn1. The van der Waals surface area contributed by atoms with E-state index in [4.69, 9.17) is 4.74 Å². The number of carbonyl (C=O) groups is 1. The summed E-state index contributed by atoms with van der Waals surface area (Å²) in [5, 5.41) is 7.11. The van der Waals surface area contributed by atoms with Gasteiger partial charge in [-0.2, -0.15) is 5.10 Å². The first-order valence-electron chi connectivity index (χ1n) is 6.29. The van der Waals surface area contributed by atoms with Gasteiger partial charge in [0.05, 0.1) is 16.8 Å². The third kappa shape index (κ3) is 3.32. The van der Waals surface area contributed by atoms with Crippen LogP contribution in [0.5, 0.6) is 0 Å². The Labute approximate surface area is 115 Å². The predicted molar refractivity (Wildman–Crippen MR) is 71.2 cm³/mol. The summed E-state index contributed by atoms with van der Waals surface area (Å²) in [5.74, 6) is 0.00333. The molecule has 1 amide bonds. The Bertz CT molecular complexity index is 402. The maximum absolute atomic E-state index is 12.1. The van der Waals surface area contributed by atoms with Crippen LogP contribution >= 0.6 is 15.9 Å². The molecule has 5 nitrogen and oxygen atoms in total. The molecule has 0 aromatic carbocycles. The number of halogens is 1. The van der Waals surface area contributed by atoms with E-state index in [0.717, 1.165) is 23.9 Å². The molecule has 1 fully saturated rings. The van der Waals surface area contributed by atoms with Crippen molar-refractivity contribution in [1.82, 2.24) is 15.1 Å². The van der Waals surface area contributed by atoms with Gasteiger partial charge in [0.25, 0.3) is 0 Å². The fourth-order valence-corrected chi connectivity index (χ4v) is 2.42. The average molecular weight is 316 g/mol. The van der Waals surface area contributed by atoms with E-state index >= 15 is 0 Å². The second kappa shape index (κ2) is 6.33. The summed E-state index contributed by atoms with van der Waals surface area (Å²) in [6.45, 7) is 3.38. The molecule has 0 unspecified atom stereocenters. The third-order valence-corrected chi connectivity index (χ3v) is 3.52. The number of hydrogen-bond acceptors (Lipinski definition) is 3. The zero-order valence-electron chi connectivity index (χ0n) is 10.4. The Morgan fingerprint density at radius 2 is 2.61 bits per heavy atom. The maximum atomic E-state index is 12.1. The topological polar surface area (TPSA) is 56.1 Å². The Hall–Kier alpha value is -0.880. The number of rotatable bonds is 5. The molecule has 1 N–H and O–H groups in total. The molecule has 0 saturated carbocycles. The van der Waals surface area contributed by atoms with Crippen LogP contribution in [0.1, 0.15) is 32.2 Å². The van der Waals surface area contributed by atoms with Crippen molar-refractivity contribution < 1.29 is 9.53 Å². The number of carbonyl (C=O) groups excluding carboxylic acids is 1. The average Bonchev–Trinajstić information content (AvgIpc) is 2.99. The molecule has 0 radical (unpaired) electrons. The van der Waals surface area contributed by atoms with Gasteiger partial charge in [-0.15, -0.1) is 0 Å². The van der Waals surface area contributed by atoms with Crippen LogP contribution in [-0.4, -0.2) is 34.9 Å². The van der Waals surface area contributed by atoms with Crippen molar-refractivity contribution in [2.24, 2.45) is 0 Å². The number of amides is 1. The Balaban J connectivity index is 1.89. The quantitative estimate of drug-likeness (QED) is 0.902. The van der Waals surface area contributed by atoms with E-state index < -0.39 is 0 Å². The molecular formula is C12H18BrN3O2. The predicted octanol–water partition coefficient (Wildman–Crippen LogP) is 1.89. The molecule has 0 aliphatic carbocycles. The van der Waals surface area contributed by atoms with Gasteiger partial charge in [0.1, 0.15) is 6.04 Å². The Kier molecular flexibility index (Phi) is 4.77. The maximum Gasteiger partial charge on any atom is 0.244 e. The second-order valence-electron chi connectivity index (χ2n) is 4.44. The number of hydrogen-bond donors (Lipinski definition) is 1. The molecule has 1 aromatic rings. The van der Waals surface area contributed by atoms with Crippen molar-refractivity contribution in [2.75, 3.05) is 13.2 Å². The summed E-state index contributed by atoms with van der Waals surface area (Å²) in [6, 6.07) is -0.252. The van der Waals surface area contributed by atoms with Crippen molar-refractivity contribution in [3.05, 3.63) is 16.9 Å². The number of nitrogens with one attached hydrogen (secondary N) is 1. The van der Waals surface area contributed by atoms with Gasteiger partial charge in [-0.3, -0.25) is 9.48 Å². The molecular weight excluding hydrogens is 298 g/mol. The molecule has 2 rings (SSSR count). The summed E-state index contributed by atoms with van der Waals surface area (Å²) in [5.41, 5.74) is 0. The van der Waals surface area contributed by atoms with Gasteiger partial charge >= 0.3 is 0 Å². The molecule has 18 heavy (non-hydrogen) atoms. The van der Waals surface area contributed by atoms with Crippen LogP contribution in [0.3, 0.4) is 0 Å². The van der Waals surface area contributed by atoms with Crippen LogP contribution in [0.25, 0.3) is 0 Å². The number of aromatic nitrogens is 2. The van der Waals surface area contributed by atoms with Crippen LogP contribution in [0.15, 0.2) is 16.9 Å². The highest BCUT2D eigenvalue weighted by atomic mass is 79.9. The zero-order chi connectivity index (χ0) is 13.0. The van der Waals surface area contributed by atoms with Crippen molar-refractivity contribution >= 4 is 21.8 Å². The molecule has 0 spiro atoms. The van der Waals surface area contributed by atoms with E-state index in [1.165, 1.54) is 0 Å². The van der Waals surface area contributed by atoms with Gasteiger partial charge in [0.2, 0.25) is 5.91 Å². The summed E-state index contributed by atoms with van der Waals surface area (Å²) >= 11 is 3.34. The van der Waals surface area contributed by atoms with Crippen LogP contribution in [0.2, 0.25) is 0 Å². The van der Waals surface area contributed by atoms with Gasteiger partial charge in [-0.25, -0.2) is 0 Å². The molecule has 1 aromatic heterocycles. The lowest BCUT2D eigenvalue weighted by molar-refractivity contribution is -0.125. The minimum atomic E-state index is -0.252. The lowest BCUT2D eigenvalue weighted by atomic mass is 10.2. The molecule has 100 valence electrons. The smallest absolute Gasteiger partial charge is 0.244 e. The monoisotopic (exact) mass is 315 g/mol. The third-order valence-electron chi connectivity index (χ3n) is 3.11. The van der Waals surface area contributed by atoms with Crippen molar-refractivity contribution in [1.29, 1.82) is 0 Å². The van der Waals surface area contributed by atoms with E-state index in [-0.39, 0.29) is 18.1 Å². The van der Waals surface area contributed by atoms with Crippen LogP contribution in [-0.2, 0) is 9.53 Å². The molecule has 1 aliphatic rings. The highest BCUT2D eigenvalue weighted by molar-refractivity contribution is 9.10. The van der Waals surface area contributed by atoms with E-state index in [2.05, 4.69) is 26.3 Å². The van der Waals surface area contributed by atoms with Gasteiger partial charge in [-0.1, -0.05) is 6.92 Å². The standard InChI is InChI=1S/C12H18BrN3O2/c1-2-11(16-8-9(13)6-15-16)12(17)14-7-10-4-3-5-18-10/h6,8,10-11H,2-5,7H2,1H3,(H,14,17)/t10-,11-/m0/s1. The molecule has 2 heterocycles. The molecule has 1 aliphatic heterocycles. The van der Waals surface area contributed by atoms with Crippen LogP contribution < -0.4 is 5.32 Å². The second-order valence-corrected chi connectivity index (χ2v) is 5.36. The first-order valence-corrected chi connectivity index (χ1v) is 7.09. The highest BCUT2D eigenvalue weighted by Gasteiger charge is 2.21. The first-order chi connectivity index (χ1) is 8.70. The van der Waals surface area contributed by atoms with Crippen molar-refractivity contribution in [3.63, 3.8) is 0 Å². The van der Waals surface area contributed by atoms with E-state index in [1.54, 1.807) is 10.9 Å². The van der Waals surface area contributed by atoms with Gasteiger partial charge in [0, 0.05) is 19.3 Å². The first kappa shape index (κ1) is 13.5. The summed E-state index contributed by atoms with van der Waals surface area (Å²) in [7, 11) is 0. The number of ether oxygens (including phenoxy) is 1. The van der Waals surface area contributed by atoms with Crippen molar-refractivity contribution in [2.45, 2.75) is 38.3 Å². The molecule has 0 bridgehead atoms. The van der Waals surface area contributed by atoms with E-state index in [9.17, 15) is 4.79 Å². The molecule has 2 atom stereocenters. The lowest BCUT2D eigenvalue weighted by Gasteiger charge is -2.17. The van der Waals surface area contributed by atoms with Gasteiger partial charge in [0.15, 0.2) is 0 Å². The molecule has 1 saturated heterocycles. The van der Waals surface area contributed by atoms with Gasteiger partial charge in [-0.05, 0) is 35.2 Å². The van der Waals surface area contributed by atoms with Crippen LogP contribution in [0, 0.1) is 0 Å². The molecule has 6 heteroatoms. The van der Waals surface area contributed by atoms with Gasteiger partial charge < -0.3 is 10.1 Å². The number of nitrogens with zero attached hydrogens (tertiary/aromatic N) is 2. The fraction of sp³-hybridized carbons (Fsp3) is 0.667. The van der Waals surface area contributed by atoms with E-state index in [0.29, 0.717) is 13.0 Å². The lowest BCUT2D eigenvalue weighted by Crippen LogP contribution is -2.37. The van der Waals surface area contributed by atoms with E-state index in [1.807, 2.05) is 13.1 Å². The largest absolute Gasteiger partial charge is 0.376 e. The summed E-state index contributed by atoms with van der Waals surface area (Å²) in [6.07, 6.45) is 6.52. The summed E-state index contributed by atoms with van der Waals surface area (Å²) < 4.78 is 8.05. The highest BCUT2D eigenvalue weighted by Crippen LogP contribution is 2.15. The van der Waals surface area contributed by atoms with Crippen molar-refractivity contribution in [3.8, 4) is 0 Å². The Morgan fingerprint density at radius 3 is 3.17 bits per heavy atom. The Morgan fingerprint density at radius 1 is 1.78 bits per heavy atom. The minimum absolute atomic E-state index is 0.00333. The summed E-state index contributed by atoms with van der Waals surface area (Å²) in [4.78, 5) is 12.1. The normalized spacial score (nSPS) is 20.9. The zero-order valence-corrected chi connectivity index (χ0v) is 12.0. The van der Waals surface area contributed by atoms with Crippen LogP contribution in [0.4, 0.5) is 0 Å².